The molecule has 0 N–H and O–H groups in total. The van der Waals surface area contributed by atoms with Gasteiger partial charge < -0.3 is 15.3 Å². The number of pyridine rings is 1. The molecule has 0 saturated carbocycles. The molecule has 0 fully saturated rings. The van der Waals surface area contributed by atoms with Crippen LogP contribution in [0.25, 0.3) is 0 Å². The van der Waals surface area contributed by atoms with Crippen LogP contribution in [0.3, 0.4) is 0 Å². The summed E-state index contributed by atoms with van der Waals surface area (Å²) in [7, 11) is 2.11. The number of aromatic nitrogens is 1. The summed E-state index contributed by atoms with van der Waals surface area (Å²) >= 11 is 0. The van der Waals surface area contributed by atoms with Gasteiger partial charge in [0.25, 0.3) is 0 Å². The fourth-order valence-corrected chi connectivity index (χ4v) is 2.66. The molecule has 5 heteroatoms. The van der Waals surface area contributed by atoms with Crippen molar-refractivity contribution in [2.24, 2.45) is 7.05 Å². The highest BCUT2D eigenvalue weighted by molar-refractivity contribution is 5.38. The maximum atomic E-state index is 8.25. The van der Waals surface area contributed by atoms with Gasteiger partial charge in [0.1, 0.15) is 7.05 Å². The highest BCUT2D eigenvalue weighted by Gasteiger charge is 2.23. The normalized spacial score (nSPS) is 9.92. The molecule has 0 bridgehead atoms. The summed E-state index contributed by atoms with van der Waals surface area (Å²) in [4.78, 5) is 8.25. The Labute approximate surface area is 140 Å². The van der Waals surface area contributed by atoms with Gasteiger partial charge in [0.2, 0.25) is 0 Å². The predicted molar refractivity (Wildman–Crippen MR) is 91.8 cm³/mol. The van der Waals surface area contributed by atoms with Crippen LogP contribution in [0.15, 0.2) is 85.1 Å². The van der Waals surface area contributed by atoms with Crippen molar-refractivity contribution < 1.29 is 9.65 Å². The van der Waals surface area contributed by atoms with E-state index in [4.69, 9.17) is 15.3 Å². The van der Waals surface area contributed by atoms with Crippen LogP contribution in [0.4, 0.5) is 0 Å². The number of hydrogen-bond acceptors (Lipinski definition) is 3. The second-order valence-electron chi connectivity index (χ2n) is 5.21. The van der Waals surface area contributed by atoms with Gasteiger partial charge in [-0.15, -0.1) is 0 Å². The molecule has 0 saturated heterocycles. The van der Waals surface area contributed by atoms with Crippen molar-refractivity contribution in [3.05, 3.63) is 117 Å². The Bertz CT molecular complexity index is 733. The van der Waals surface area contributed by atoms with E-state index in [0.717, 1.165) is 0 Å². The molecule has 0 spiro atoms. The van der Waals surface area contributed by atoms with Crippen molar-refractivity contribution in [3.63, 3.8) is 0 Å². The summed E-state index contributed by atoms with van der Waals surface area (Å²) in [6, 6.07) is 27.7. The van der Waals surface area contributed by atoms with Crippen LogP contribution in [-0.4, -0.2) is 5.09 Å². The molecule has 0 atom stereocenters. The van der Waals surface area contributed by atoms with Gasteiger partial charge in [0.05, 0.1) is 11.0 Å². The van der Waals surface area contributed by atoms with E-state index >= 15 is 0 Å². The van der Waals surface area contributed by atoms with Crippen molar-refractivity contribution in [2.45, 2.75) is 5.92 Å². The summed E-state index contributed by atoms with van der Waals surface area (Å²) in [6.45, 7) is 0. The van der Waals surface area contributed by atoms with Gasteiger partial charge in [-0.1, -0.05) is 66.7 Å². The smallest absolute Gasteiger partial charge is 0.193 e. The van der Waals surface area contributed by atoms with Crippen LogP contribution in [-0.2, 0) is 7.05 Å². The topological polar surface area (TPSA) is 70.1 Å². The van der Waals surface area contributed by atoms with Crippen molar-refractivity contribution in [1.29, 1.82) is 0 Å². The third-order valence-corrected chi connectivity index (χ3v) is 3.66. The SMILES string of the molecule is C[n+]1ccccc1C(c1ccccc1)c1ccccc1.O=[N+]([O-])[O-]. The first-order valence-electron chi connectivity index (χ1n) is 7.45. The summed E-state index contributed by atoms with van der Waals surface area (Å²) in [5, 5.41) is 14.8. The second kappa shape index (κ2) is 8.43. The molecule has 0 unspecified atom stereocenters. The lowest BCUT2D eigenvalue weighted by atomic mass is 9.88. The summed E-state index contributed by atoms with van der Waals surface area (Å²) in [5.41, 5.74) is 3.94. The number of benzene rings is 2. The lowest BCUT2D eigenvalue weighted by Gasteiger charge is -2.16. The van der Waals surface area contributed by atoms with Crippen LogP contribution < -0.4 is 4.57 Å². The number of rotatable bonds is 3. The quantitative estimate of drug-likeness (QED) is 0.421. The first kappa shape index (κ1) is 17.1. The lowest BCUT2D eigenvalue weighted by molar-refractivity contribution is -0.679. The standard InChI is InChI=1S/C19H18N.NO3/c1-20-15-9-8-14-18(20)19(16-10-4-2-5-11-16)17-12-6-3-7-13-17;2-1(3)4/h2-15,19H,1H3;/q+1;-1. The maximum absolute atomic E-state index is 8.25. The molecule has 1 aromatic heterocycles. The monoisotopic (exact) mass is 322 g/mol. The predicted octanol–water partition coefficient (Wildman–Crippen LogP) is 3.45. The highest BCUT2D eigenvalue weighted by atomic mass is 16.9. The van der Waals surface area contributed by atoms with Crippen molar-refractivity contribution in [3.8, 4) is 0 Å². The van der Waals surface area contributed by atoms with E-state index in [1.807, 2.05) is 0 Å². The van der Waals surface area contributed by atoms with Crippen molar-refractivity contribution in [1.82, 2.24) is 0 Å². The Kier molecular flexibility index (Phi) is 6.02. The molecule has 0 aliphatic heterocycles. The summed E-state index contributed by atoms with van der Waals surface area (Å²) in [5.74, 6) is 0.267. The Morgan fingerprint density at radius 3 is 1.62 bits per heavy atom. The minimum absolute atomic E-state index is 0.267. The van der Waals surface area contributed by atoms with Gasteiger partial charge in [-0.3, -0.25) is 0 Å². The largest absolute Gasteiger partial charge is 0.356 e. The van der Waals surface area contributed by atoms with E-state index in [1.54, 1.807) is 0 Å². The fourth-order valence-electron chi connectivity index (χ4n) is 2.66. The van der Waals surface area contributed by atoms with E-state index in [0.29, 0.717) is 0 Å². The van der Waals surface area contributed by atoms with E-state index < -0.39 is 5.09 Å². The zero-order chi connectivity index (χ0) is 17.4. The van der Waals surface area contributed by atoms with Crippen LogP contribution in [0.5, 0.6) is 0 Å². The third-order valence-electron chi connectivity index (χ3n) is 3.66. The molecule has 0 radical (unpaired) electrons. The Morgan fingerprint density at radius 2 is 1.21 bits per heavy atom. The Morgan fingerprint density at radius 1 is 0.792 bits per heavy atom. The second-order valence-corrected chi connectivity index (χ2v) is 5.21. The Hall–Kier alpha value is -3.21. The molecule has 1 heterocycles. The Balaban J connectivity index is 0.000000471. The van der Waals surface area contributed by atoms with Gasteiger partial charge in [0, 0.05) is 12.1 Å². The van der Waals surface area contributed by atoms with E-state index in [1.165, 1.54) is 16.8 Å². The number of nitrogens with zero attached hydrogens (tertiary/aromatic N) is 2. The summed E-state index contributed by atoms with van der Waals surface area (Å²) < 4.78 is 2.20. The molecular formula is C19H18N2O3. The maximum Gasteiger partial charge on any atom is 0.193 e. The minimum Gasteiger partial charge on any atom is -0.356 e. The van der Waals surface area contributed by atoms with Crippen molar-refractivity contribution >= 4 is 0 Å². The van der Waals surface area contributed by atoms with Gasteiger partial charge in [-0.05, 0) is 11.1 Å². The average Bonchev–Trinajstić information content (AvgIpc) is 2.58. The van der Waals surface area contributed by atoms with Crippen LogP contribution in [0.2, 0.25) is 0 Å². The minimum atomic E-state index is -1.75. The van der Waals surface area contributed by atoms with E-state index in [-0.39, 0.29) is 5.92 Å². The van der Waals surface area contributed by atoms with Gasteiger partial charge in [0.15, 0.2) is 11.9 Å². The van der Waals surface area contributed by atoms with Crippen LogP contribution in [0.1, 0.15) is 22.7 Å². The van der Waals surface area contributed by atoms with Gasteiger partial charge in [-0.2, -0.15) is 0 Å². The van der Waals surface area contributed by atoms with Gasteiger partial charge in [-0.25, -0.2) is 4.57 Å². The molecule has 0 aliphatic rings. The summed E-state index contributed by atoms with van der Waals surface area (Å²) in [6.07, 6.45) is 2.11. The fraction of sp³-hybridized carbons (Fsp3) is 0.105. The van der Waals surface area contributed by atoms with Gasteiger partial charge >= 0.3 is 0 Å². The van der Waals surface area contributed by atoms with Crippen LogP contribution in [0, 0.1) is 15.3 Å². The van der Waals surface area contributed by atoms with Crippen LogP contribution >= 0.6 is 0 Å². The zero-order valence-electron chi connectivity index (χ0n) is 13.3. The molecule has 5 nitrogen and oxygen atoms in total. The molecule has 3 rings (SSSR count). The molecule has 24 heavy (non-hydrogen) atoms. The third kappa shape index (κ3) is 4.64. The van der Waals surface area contributed by atoms with E-state index in [2.05, 4.69) is 96.7 Å². The number of aryl methyl sites for hydroxylation is 1. The lowest BCUT2D eigenvalue weighted by Crippen LogP contribution is -2.35. The van der Waals surface area contributed by atoms with Crippen molar-refractivity contribution in [2.75, 3.05) is 0 Å². The molecule has 0 amide bonds. The first-order chi connectivity index (χ1) is 11.6. The zero-order valence-corrected chi connectivity index (χ0v) is 13.3. The molecule has 0 aliphatic carbocycles. The number of hydrogen-bond donors (Lipinski definition) is 0. The molecule has 3 aromatic rings. The molecular weight excluding hydrogens is 304 g/mol. The molecule has 2 aromatic carbocycles. The van der Waals surface area contributed by atoms with E-state index in [9.17, 15) is 0 Å². The highest BCUT2D eigenvalue weighted by Crippen LogP contribution is 2.29. The first-order valence-corrected chi connectivity index (χ1v) is 7.45. The average molecular weight is 322 g/mol. The molecule has 122 valence electrons.